The van der Waals surface area contributed by atoms with Gasteiger partial charge in [0, 0.05) is 29.8 Å². The van der Waals surface area contributed by atoms with Crippen molar-refractivity contribution < 1.29 is 4.79 Å². The monoisotopic (exact) mass is 300 g/mol. The van der Waals surface area contributed by atoms with Crippen molar-refractivity contribution in [3.05, 3.63) is 65.5 Å². The van der Waals surface area contributed by atoms with E-state index >= 15 is 0 Å². The molecule has 1 unspecified atom stereocenters. The lowest BCUT2D eigenvalue weighted by molar-refractivity contribution is 0.0951. The molecule has 0 aliphatic carbocycles. The maximum atomic E-state index is 12.1. The summed E-state index contributed by atoms with van der Waals surface area (Å²) in [5.74, 6) is 1.05. The summed E-state index contributed by atoms with van der Waals surface area (Å²) >= 11 is 1.90. The van der Waals surface area contributed by atoms with Gasteiger partial charge in [0.25, 0.3) is 5.91 Å². The van der Waals surface area contributed by atoms with Gasteiger partial charge < -0.3 is 5.32 Å². The number of nitrogens with zero attached hydrogens (tertiary/aromatic N) is 1. The third kappa shape index (κ3) is 4.60. The summed E-state index contributed by atoms with van der Waals surface area (Å²) in [4.78, 5) is 16.1. The first-order valence-electron chi connectivity index (χ1n) is 7.09. The summed E-state index contributed by atoms with van der Waals surface area (Å²) in [5.41, 5.74) is 3.00. The standard InChI is InChI=1S/C17H20N2OS/c1-3-21-13(2)15-4-6-16(7-5-15)17(20)19-12-14-8-10-18-11-9-14/h4-11,13H,3,12H2,1-2H3,(H,19,20). The van der Waals surface area contributed by atoms with Crippen LogP contribution in [-0.4, -0.2) is 16.6 Å². The Morgan fingerprint density at radius 1 is 1.19 bits per heavy atom. The van der Waals surface area contributed by atoms with Crippen LogP contribution in [0.15, 0.2) is 48.8 Å². The highest BCUT2D eigenvalue weighted by Gasteiger charge is 2.08. The van der Waals surface area contributed by atoms with Gasteiger partial charge in [0.1, 0.15) is 0 Å². The Kier molecular flexibility index (Phi) is 5.81. The summed E-state index contributed by atoms with van der Waals surface area (Å²) in [6.45, 7) is 4.86. The number of nitrogens with one attached hydrogen (secondary N) is 1. The van der Waals surface area contributed by atoms with Gasteiger partial charge >= 0.3 is 0 Å². The van der Waals surface area contributed by atoms with Crippen LogP contribution < -0.4 is 5.32 Å². The molecule has 1 N–H and O–H groups in total. The molecule has 1 aromatic carbocycles. The Hall–Kier alpha value is -1.81. The average molecular weight is 300 g/mol. The fourth-order valence-electron chi connectivity index (χ4n) is 2.04. The molecule has 1 heterocycles. The van der Waals surface area contributed by atoms with Crippen LogP contribution in [0.25, 0.3) is 0 Å². The van der Waals surface area contributed by atoms with E-state index in [-0.39, 0.29) is 5.91 Å². The van der Waals surface area contributed by atoms with Gasteiger partial charge in [-0.05, 0) is 48.1 Å². The number of rotatable bonds is 6. The third-order valence-electron chi connectivity index (χ3n) is 3.26. The number of carbonyl (C=O) groups is 1. The van der Waals surface area contributed by atoms with E-state index in [9.17, 15) is 4.79 Å². The van der Waals surface area contributed by atoms with Gasteiger partial charge in [-0.3, -0.25) is 9.78 Å². The maximum absolute atomic E-state index is 12.1. The molecule has 1 aromatic heterocycles. The fraction of sp³-hybridized carbons (Fsp3) is 0.294. The predicted octanol–water partition coefficient (Wildman–Crippen LogP) is 3.83. The fourth-order valence-corrected chi connectivity index (χ4v) is 2.89. The number of benzene rings is 1. The van der Waals surface area contributed by atoms with Gasteiger partial charge in [0.05, 0.1) is 0 Å². The van der Waals surface area contributed by atoms with Gasteiger partial charge in [0.2, 0.25) is 0 Å². The van der Waals surface area contributed by atoms with Gasteiger partial charge in [-0.15, -0.1) is 0 Å². The molecule has 0 saturated carbocycles. The summed E-state index contributed by atoms with van der Waals surface area (Å²) in [6.07, 6.45) is 3.45. The number of thioether (sulfide) groups is 1. The van der Waals surface area contributed by atoms with Gasteiger partial charge in [0.15, 0.2) is 0 Å². The highest BCUT2D eigenvalue weighted by atomic mass is 32.2. The molecule has 21 heavy (non-hydrogen) atoms. The van der Waals surface area contributed by atoms with Crippen LogP contribution in [0.4, 0.5) is 0 Å². The van der Waals surface area contributed by atoms with Crippen molar-refractivity contribution in [3.63, 3.8) is 0 Å². The van der Waals surface area contributed by atoms with Crippen LogP contribution in [0.3, 0.4) is 0 Å². The SMILES string of the molecule is CCSC(C)c1ccc(C(=O)NCc2ccncc2)cc1. The molecular weight excluding hydrogens is 280 g/mol. The number of carbonyl (C=O) groups excluding carboxylic acids is 1. The Labute approximate surface area is 130 Å². The molecule has 0 radical (unpaired) electrons. The maximum Gasteiger partial charge on any atom is 0.251 e. The van der Waals surface area contributed by atoms with Crippen LogP contribution in [0.1, 0.15) is 40.6 Å². The molecule has 2 aromatic rings. The van der Waals surface area contributed by atoms with Crippen LogP contribution >= 0.6 is 11.8 Å². The number of hydrogen-bond acceptors (Lipinski definition) is 3. The molecule has 0 saturated heterocycles. The van der Waals surface area contributed by atoms with Crippen molar-refractivity contribution in [2.75, 3.05) is 5.75 Å². The molecule has 1 atom stereocenters. The molecule has 110 valence electrons. The lowest BCUT2D eigenvalue weighted by atomic mass is 10.1. The van der Waals surface area contributed by atoms with E-state index in [0.717, 1.165) is 11.3 Å². The molecule has 0 spiro atoms. The van der Waals surface area contributed by atoms with Crippen molar-refractivity contribution >= 4 is 17.7 Å². The van der Waals surface area contributed by atoms with E-state index in [1.54, 1.807) is 12.4 Å². The Morgan fingerprint density at radius 3 is 2.48 bits per heavy atom. The quantitative estimate of drug-likeness (QED) is 0.881. The molecule has 0 fully saturated rings. The van der Waals surface area contributed by atoms with Crippen molar-refractivity contribution in [1.29, 1.82) is 0 Å². The van der Waals surface area contributed by atoms with Crippen molar-refractivity contribution in [1.82, 2.24) is 10.3 Å². The molecule has 0 aliphatic rings. The number of pyridine rings is 1. The first-order valence-corrected chi connectivity index (χ1v) is 8.14. The second-order valence-electron chi connectivity index (χ2n) is 4.76. The summed E-state index contributed by atoms with van der Waals surface area (Å²) in [6, 6.07) is 11.7. The largest absolute Gasteiger partial charge is 0.348 e. The minimum Gasteiger partial charge on any atom is -0.348 e. The minimum atomic E-state index is -0.0471. The predicted molar refractivity (Wildman–Crippen MR) is 88.4 cm³/mol. The second kappa shape index (κ2) is 7.84. The van der Waals surface area contributed by atoms with Gasteiger partial charge in [-0.25, -0.2) is 0 Å². The van der Waals surface area contributed by atoms with Crippen molar-refractivity contribution in [2.24, 2.45) is 0 Å². The smallest absolute Gasteiger partial charge is 0.251 e. The summed E-state index contributed by atoms with van der Waals surface area (Å²) in [5, 5.41) is 3.38. The molecule has 0 bridgehead atoms. The zero-order valence-electron chi connectivity index (χ0n) is 12.4. The van der Waals surface area contributed by atoms with E-state index in [1.165, 1.54) is 5.56 Å². The lowest BCUT2D eigenvalue weighted by Crippen LogP contribution is -2.22. The molecule has 2 rings (SSSR count). The Balaban J connectivity index is 1.93. The van der Waals surface area contributed by atoms with Gasteiger partial charge in [-0.1, -0.05) is 19.1 Å². The average Bonchev–Trinajstić information content (AvgIpc) is 2.54. The minimum absolute atomic E-state index is 0.0471. The van der Waals surface area contributed by atoms with E-state index < -0.39 is 0 Å². The van der Waals surface area contributed by atoms with E-state index in [2.05, 4.69) is 24.1 Å². The zero-order valence-corrected chi connectivity index (χ0v) is 13.2. The Bertz CT molecular complexity index is 569. The Morgan fingerprint density at radius 2 is 1.86 bits per heavy atom. The number of amides is 1. The van der Waals surface area contributed by atoms with Crippen molar-refractivity contribution in [3.8, 4) is 0 Å². The molecule has 3 nitrogen and oxygen atoms in total. The third-order valence-corrected chi connectivity index (χ3v) is 4.37. The molecule has 4 heteroatoms. The zero-order chi connectivity index (χ0) is 15.1. The van der Waals surface area contributed by atoms with Crippen LogP contribution in [0, 0.1) is 0 Å². The highest BCUT2D eigenvalue weighted by molar-refractivity contribution is 7.99. The van der Waals surface area contributed by atoms with Crippen molar-refractivity contribution in [2.45, 2.75) is 25.6 Å². The molecule has 1 amide bonds. The van der Waals surface area contributed by atoms with E-state index in [1.807, 2.05) is 48.2 Å². The normalized spacial score (nSPS) is 11.9. The van der Waals surface area contributed by atoms with E-state index in [4.69, 9.17) is 0 Å². The number of aromatic nitrogens is 1. The summed E-state index contributed by atoms with van der Waals surface area (Å²) in [7, 11) is 0. The first kappa shape index (κ1) is 15.6. The summed E-state index contributed by atoms with van der Waals surface area (Å²) < 4.78 is 0. The van der Waals surface area contributed by atoms with E-state index in [0.29, 0.717) is 17.4 Å². The van der Waals surface area contributed by atoms with Gasteiger partial charge in [-0.2, -0.15) is 11.8 Å². The van der Waals surface area contributed by atoms with Crippen LogP contribution in [-0.2, 0) is 6.54 Å². The molecule has 0 aliphatic heterocycles. The first-order chi connectivity index (χ1) is 10.2. The lowest BCUT2D eigenvalue weighted by Gasteiger charge is -2.11. The van der Waals surface area contributed by atoms with Crippen LogP contribution in [0.2, 0.25) is 0 Å². The van der Waals surface area contributed by atoms with Crippen LogP contribution in [0.5, 0.6) is 0 Å². The number of hydrogen-bond donors (Lipinski definition) is 1. The topological polar surface area (TPSA) is 42.0 Å². The molecular formula is C17H20N2OS. The highest BCUT2D eigenvalue weighted by Crippen LogP contribution is 2.27. The second-order valence-corrected chi connectivity index (χ2v) is 6.38.